The van der Waals surface area contributed by atoms with Gasteiger partial charge in [0.15, 0.2) is 0 Å². The molecule has 0 aliphatic carbocycles. The lowest BCUT2D eigenvalue weighted by molar-refractivity contribution is -0.120. The van der Waals surface area contributed by atoms with E-state index in [1.54, 1.807) is 0 Å². The second kappa shape index (κ2) is 4.21. The third-order valence-electron chi connectivity index (χ3n) is 1.87. The minimum absolute atomic E-state index is 0.0177. The van der Waals surface area contributed by atoms with E-state index >= 15 is 0 Å². The van der Waals surface area contributed by atoms with Crippen LogP contribution in [0.3, 0.4) is 0 Å². The van der Waals surface area contributed by atoms with Crippen LogP contribution >= 0.6 is 0 Å². The first-order valence-corrected chi connectivity index (χ1v) is 4.07. The summed E-state index contributed by atoms with van der Waals surface area (Å²) in [6.07, 6.45) is 2.19. The number of rotatable bonds is 3. The molecule has 0 radical (unpaired) electrons. The third-order valence-corrected chi connectivity index (χ3v) is 1.87. The average molecular weight is 171 g/mol. The Labute approximate surface area is 71.3 Å². The van der Waals surface area contributed by atoms with Gasteiger partial charge in [0.1, 0.15) is 12.4 Å². The molecule has 1 rings (SSSR count). The van der Waals surface area contributed by atoms with E-state index in [-0.39, 0.29) is 18.1 Å². The molecule has 4 nitrogen and oxygen atoms in total. The second-order valence-corrected chi connectivity index (χ2v) is 2.95. The highest BCUT2D eigenvalue weighted by atomic mass is 16.5. The predicted molar refractivity (Wildman–Crippen MR) is 42.6 cm³/mol. The van der Waals surface area contributed by atoms with Gasteiger partial charge >= 0.3 is 0 Å². The molecule has 1 fully saturated rings. The Bertz CT molecular complexity index is 181. The Balaban J connectivity index is 2.19. The molecule has 1 amide bonds. The van der Waals surface area contributed by atoms with E-state index < -0.39 is 0 Å². The topological polar surface area (TPSA) is 55.4 Å². The minimum Gasteiger partial charge on any atom is -0.366 e. The molecule has 1 aliphatic heterocycles. The van der Waals surface area contributed by atoms with E-state index in [4.69, 9.17) is 4.74 Å². The first-order valence-electron chi connectivity index (χ1n) is 4.07. The van der Waals surface area contributed by atoms with Crippen molar-refractivity contribution in [2.75, 3.05) is 6.54 Å². The molecule has 2 unspecified atom stereocenters. The van der Waals surface area contributed by atoms with Crippen molar-refractivity contribution in [1.82, 2.24) is 5.32 Å². The maximum Gasteiger partial charge on any atom is 0.216 e. The Morgan fingerprint density at radius 2 is 2.42 bits per heavy atom. The van der Waals surface area contributed by atoms with Crippen LogP contribution in [0.15, 0.2) is 0 Å². The van der Waals surface area contributed by atoms with Gasteiger partial charge < -0.3 is 14.8 Å². The van der Waals surface area contributed by atoms with Crippen molar-refractivity contribution in [2.24, 2.45) is 0 Å². The number of amides is 1. The summed E-state index contributed by atoms with van der Waals surface area (Å²) in [5.41, 5.74) is 0. The zero-order chi connectivity index (χ0) is 8.97. The van der Waals surface area contributed by atoms with Crippen molar-refractivity contribution in [2.45, 2.75) is 32.0 Å². The summed E-state index contributed by atoms with van der Waals surface area (Å²) in [5, 5.41) is 2.65. The highest BCUT2D eigenvalue weighted by molar-refractivity contribution is 5.72. The van der Waals surface area contributed by atoms with Gasteiger partial charge in [-0.25, -0.2) is 0 Å². The molecule has 2 atom stereocenters. The van der Waals surface area contributed by atoms with Gasteiger partial charge in [0, 0.05) is 13.5 Å². The lowest BCUT2D eigenvalue weighted by atomic mass is 10.2. The molecule has 0 aromatic rings. The monoisotopic (exact) mass is 171 g/mol. The zero-order valence-electron chi connectivity index (χ0n) is 7.08. The predicted octanol–water partition coefficient (Wildman–Crippen LogP) is -0.131. The van der Waals surface area contributed by atoms with E-state index in [2.05, 4.69) is 5.32 Å². The van der Waals surface area contributed by atoms with Crippen molar-refractivity contribution in [1.29, 1.82) is 0 Å². The fourth-order valence-electron chi connectivity index (χ4n) is 1.24. The average Bonchev–Trinajstić information content (AvgIpc) is 2.48. The van der Waals surface area contributed by atoms with E-state index in [0.717, 1.165) is 19.1 Å². The molecule has 4 heteroatoms. The van der Waals surface area contributed by atoms with Crippen LogP contribution in [0, 0.1) is 0 Å². The Morgan fingerprint density at radius 1 is 1.67 bits per heavy atom. The Kier molecular flexibility index (Phi) is 3.22. The van der Waals surface area contributed by atoms with Crippen molar-refractivity contribution in [3.8, 4) is 0 Å². The Morgan fingerprint density at radius 3 is 2.92 bits per heavy atom. The van der Waals surface area contributed by atoms with Gasteiger partial charge in [0.05, 0.1) is 6.10 Å². The minimum atomic E-state index is -0.260. The van der Waals surface area contributed by atoms with Crippen LogP contribution < -0.4 is 5.32 Å². The first-order chi connectivity index (χ1) is 5.72. The van der Waals surface area contributed by atoms with Gasteiger partial charge in [0.25, 0.3) is 0 Å². The fraction of sp³-hybridized carbons (Fsp3) is 0.750. The van der Waals surface area contributed by atoms with Gasteiger partial charge in [-0.1, -0.05) is 0 Å². The van der Waals surface area contributed by atoms with Crippen LogP contribution in [0.2, 0.25) is 0 Å². The van der Waals surface area contributed by atoms with Crippen LogP contribution in [-0.2, 0) is 14.3 Å². The van der Waals surface area contributed by atoms with Crippen LogP contribution in [0.5, 0.6) is 0 Å². The summed E-state index contributed by atoms with van der Waals surface area (Å²) >= 11 is 0. The van der Waals surface area contributed by atoms with Gasteiger partial charge in [-0.15, -0.1) is 0 Å². The van der Waals surface area contributed by atoms with E-state index in [1.807, 2.05) is 0 Å². The molecular formula is C8H13NO3. The summed E-state index contributed by atoms with van der Waals surface area (Å²) < 4.78 is 5.28. The smallest absolute Gasteiger partial charge is 0.216 e. The molecule has 0 aromatic carbocycles. The van der Waals surface area contributed by atoms with Crippen molar-refractivity contribution < 1.29 is 14.3 Å². The molecule has 1 saturated heterocycles. The third kappa shape index (κ3) is 2.62. The summed E-state index contributed by atoms with van der Waals surface area (Å²) in [7, 11) is 0. The SMILES string of the molecule is CC(=O)NCC1CCC(C=O)O1. The number of aldehydes is 1. The van der Waals surface area contributed by atoms with Crippen LogP contribution in [-0.4, -0.2) is 30.9 Å². The molecule has 1 N–H and O–H groups in total. The van der Waals surface area contributed by atoms with Gasteiger partial charge in [-0.05, 0) is 12.8 Å². The maximum atomic E-state index is 10.5. The van der Waals surface area contributed by atoms with Gasteiger partial charge in [-0.2, -0.15) is 0 Å². The highest BCUT2D eigenvalue weighted by Crippen LogP contribution is 2.17. The summed E-state index contributed by atoms with van der Waals surface area (Å²) in [5.74, 6) is -0.0619. The van der Waals surface area contributed by atoms with Crippen LogP contribution in [0.25, 0.3) is 0 Å². The number of nitrogens with one attached hydrogen (secondary N) is 1. The summed E-state index contributed by atoms with van der Waals surface area (Å²) in [6, 6.07) is 0. The molecule has 68 valence electrons. The molecular weight excluding hydrogens is 158 g/mol. The number of hydrogen-bond acceptors (Lipinski definition) is 3. The van der Waals surface area contributed by atoms with Gasteiger partial charge in [-0.3, -0.25) is 4.79 Å². The Hall–Kier alpha value is -0.900. The van der Waals surface area contributed by atoms with Crippen LogP contribution in [0.1, 0.15) is 19.8 Å². The maximum absolute atomic E-state index is 10.5. The van der Waals surface area contributed by atoms with Crippen LogP contribution in [0.4, 0.5) is 0 Å². The largest absolute Gasteiger partial charge is 0.366 e. The van der Waals surface area contributed by atoms with E-state index in [9.17, 15) is 9.59 Å². The first kappa shape index (κ1) is 9.19. The lowest BCUT2D eigenvalue weighted by Gasteiger charge is -2.09. The van der Waals surface area contributed by atoms with E-state index in [1.165, 1.54) is 6.92 Å². The molecule has 0 saturated carbocycles. The summed E-state index contributed by atoms with van der Waals surface area (Å²) in [6.45, 7) is 1.98. The standard InChI is InChI=1S/C8H13NO3/c1-6(11)9-4-7-2-3-8(5-10)12-7/h5,7-8H,2-4H2,1H3,(H,9,11). The second-order valence-electron chi connectivity index (χ2n) is 2.95. The van der Waals surface area contributed by atoms with E-state index in [0.29, 0.717) is 6.54 Å². The van der Waals surface area contributed by atoms with Crippen molar-refractivity contribution in [3.05, 3.63) is 0 Å². The van der Waals surface area contributed by atoms with Gasteiger partial charge in [0.2, 0.25) is 5.91 Å². The van der Waals surface area contributed by atoms with Crippen molar-refractivity contribution in [3.63, 3.8) is 0 Å². The number of carbonyl (C=O) groups excluding carboxylic acids is 2. The molecule has 0 spiro atoms. The quantitative estimate of drug-likeness (QED) is 0.602. The summed E-state index contributed by atoms with van der Waals surface area (Å²) in [4.78, 5) is 20.8. The molecule has 12 heavy (non-hydrogen) atoms. The lowest BCUT2D eigenvalue weighted by Crippen LogP contribution is -2.30. The molecule has 1 aliphatic rings. The molecule has 0 bridgehead atoms. The van der Waals surface area contributed by atoms with Crippen molar-refractivity contribution >= 4 is 12.2 Å². The normalized spacial score (nSPS) is 28.4. The number of hydrogen-bond donors (Lipinski definition) is 1. The number of carbonyl (C=O) groups is 2. The molecule has 1 heterocycles. The highest BCUT2D eigenvalue weighted by Gasteiger charge is 2.24. The fourth-order valence-corrected chi connectivity index (χ4v) is 1.24. The number of ether oxygens (including phenoxy) is 1. The zero-order valence-corrected chi connectivity index (χ0v) is 7.08. The molecule has 0 aromatic heterocycles.